The fraction of sp³-hybridized carbons (Fsp3) is 0.583. The summed E-state index contributed by atoms with van der Waals surface area (Å²) in [6, 6.07) is 1.87. The van der Waals surface area contributed by atoms with Crippen molar-refractivity contribution in [2.24, 2.45) is 0 Å². The molecule has 18 heavy (non-hydrogen) atoms. The second kappa shape index (κ2) is 6.90. The van der Waals surface area contributed by atoms with Gasteiger partial charge in [0.15, 0.2) is 0 Å². The van der Waals surface area contributed by atoms with Crippen LogP contribution >= 0.6 is 0 Å². The molecule has 0 aliphatic rings. The molecule has 0 bridgehead atoms. The van der Waals surface area contributed by atoms with Gasteiger partial charge in [-0.05, 0) is 20.8 Å². The van der Waals surface area contributed by atoms with E-state index in [9.17, 15) is 4.79 Å². The summed E-state index contributed by atoms with van der Waals surface area (Å²) < 4.78 is 9.90. The molecular formula is C12H19N3O3. The van der Waals surface area contributed by atoms with E-state index < -0.39 is 5.97 Å². The number of rotatable bonds is 6. The molecule has 1 N–H and O–H groups in total. The van der Waals surface area contributed by atoms with E-state index in [1.807, 2.05) is 13.8 Å². The number of nitrogens with zero attached hydrogens (tertiary/aromatic N) is 2. The Kier molecular flexibility index (Phi) is 5.51. The maximum atomic E-state index is 11.4. The predicted octanol–water partition coefficient (Wildman–Crippen LogP) is 1.41. The first-order chi connectivity index (χ1) is 8.56. The molecule has 6 heteroatoms. The van der Waals surface area contributed by atoms with Crippen molar-refractivity contribution in [1.29, 1.82) is 0 Å². The zero-order valence-corrected chi connectivity index (χ0v) is 11.2. The molecule has 0 amide bonds. The molecule has 0 aliphatic heterocycles. The number of hydrogen-bond donors (Lipinski definition) is 1. The first-order valence-electron chi connectivity index (χ1n) is 5.85. The number of aryl methyl sites for hydroxylation is 1. The van der Waals surface area contributed by atoms with Gasteiger partial charge in [-0.1, -0.05) is 0 Å². The van der Waals surface area contributed by atoms with Gasteiger partial charge < -0.3 is 14.8 Å². The molecule has 6 nitrogen and oxygen atoms in total. The van der Waals surface area contributed by atoms with Crippen LogP contribution in [0.2, 0.25) is 0 Å². The van der Waals surface area contributed by atoms with Crippen LogP contribution in [0.15, 0.2) is 6.07 Å². The normalized spacial score (nSPS) is 12.0. The maximum absolute atomic E-state index is 11.4. The summed E-state index contributed by atoms with van der Waals surface area (Å²) in [5.41, 5.74) is 0.705. The van der Waals surface area contributed by atoms with Gasteiger partial charge in [0, 0.05) is 24.4 Å². The number of carbonyl (C=O) groups is 1. The highest BCUT2D eigenvalue weighted by molar-refractivity contribution is 5.85. The first kappa shape index (κ1) is 14.4. The highest BCUT2D eigenvalue weighted by Crippen LogP contribution is 2.08. The number of nitrogens with one attached hydrogen (secondary N) is 1. The number of esters is 1. The molecule has 0 aliphatic carbocycles. The average molecular weight is 253 g/mol. The lowest BCUT2D eigenvalue weighted by molar-refractivity contribution is 0.0586. The van der Waals surface area contributed by atoms with Gasteiger partial charge in [-0.15, -0.1) is 0 Å². The third-order valence-corrected chi connectivity index (χ3v) is 2.19. The average Bonchev–Trinajstić information content (AvgIpc) is 2.34. The summed E-state index contributed by atoms with van der Waals surface area (Å²) in [6.45, 7) is 6.96. The van der Waals surface area contributed by atoms with E-state index in [1.165, 1.54) is 7.11 Å². The molecule has 1 unspecified atom stereocenters. The van der Waals surface area contributed by atoms with Crippen LogP contribution in [0.25, 0.3) is 0 Å². The van der Waals surface area contributed by atoms with Crippen LogP contribution < -0.4 is 5.32 Å². The second-order valence-corrected chi connectivity index (χ2v) is 3.91. The predicted molar refractivity (Wildman–Crippen MR) is 67.7 cm³/mol. The topological polar surface area (TPSA) is 73.3 Å². The molecule has 0 fully saturated rings. The van der Waals surface area contributed by atoms with Crippen LogP contribution in [0.1, 0.15) is 30.2 Å². The SMILES string of the molecule is CCOCC(C)Nc1cc(C)nc(C(=O)OC)n1. The number of ether oxygens (including phenoxy) is 2. The first-order valence-corrected chi connectivity index (χ1v) is 5.85. The summed E-state index contributed by atoms with van der Waals surface area (Å²) in [5.74, 6) is 0.109. The van der Waals surface area contributed by atoms with E-state index in [0.29, 0.717) is 24.7 Å². The number of aromatic nitrogens is 2. The molecule has 1 aromatic heterocycles. The van der Waals surface area contributed by atoms with Gasteiger partial charge in [0.05, 0.1) is 13.7 Å². The van der Waals surface area contributed by atoms with Gasteiger partial charge >= 0.3 is 5.97 Å². The number of methoxy groups -OCH3 is 1. The smallest absolute Gasteiger partial charge is 0.376 e. The van der Waals surface area contributed by atoms with Crippen LogP contribution in [0.4, 0.5) is 5.82 Å². The van der Waals surface area contributed by atoms with Crippen LogP contribution in [0, 0.1) is 6.92 Å². The molecular weight excluding hydrogens is 234 g/mol. The summed E-state index contributed by atoms with van der Waals surface area (Å²) in [4.78, 5) is 19.5. The van der Waals surface area contributed by atoms with Gasteiger partial charge in [-0.25, -0.2) is 14.8 Å². The summed E-state index contributed by atoms with van der Waals surface area (Å²) in [5, 5.41) is 3.15. The van der Waals surface area contributed by atoms with Crippen molar-refractivity contribution in [2.75, 3.05) is 25.6 Å². The molecule has 1 atom stereocenters. The van der Waals surface area contributed by atoms with Gasteiger partial charge in [-0.3, -0.25) is 0 Å². The molecule has 0 radical (unpaired) electrons. The molecule has 100 valence electrons. The van der Waals surface area contributed by atoms with Gasteiger partial charge in [0.1, 0.15) is 5.82 Å². The van der Waals surface area contributed by atoms with Crippen molar-refractivity contribution >= 4 is 11.8 Å². The molecule has 1 aromatic rings. The highest BCUT2D eigenvalue weighted by atomic mass is 16.5. The monoisotopic (exact) mass is 253 g/mol. The fourth-order valence-corrected chi connectivity index (χ4v) is 1.41. The van der Waals surface area contributed by atoms with E-state index in [0.717, 1.165) is 0 Å². The minimum absolute atomic E-state index is 0.0589. The third kappa shape index (κ3) is 4.29. The van der Waals surface area contributed by atoms with Crippen LogP contribution in [-0.2, 0) is 9.47 Å². The maximum Gasteiger partial charge on any atom is 0.376 e. The molecule has 0 saturated carbocycles. The van der Waals surface area contributed by atoms with E-state index in [-0.39, 0.29) is 11.9 Å². The van der Waals surface area contributed by atoms with Crippen molar-refractivity contribution in [3.05, 3.63) is 17.6 Å². The van der Waals surface area contributed by atoms with Gasteiger partial charge in [0.2, 0.25) is 5.82 Å². The summed E-state index contributed by atoms with van der Waals surface area (Å²) >= 11 is 0. The van der Waals surface area contributed by atoms with Crippen LogP contribution in [0.5, 0.6) is 0 Å². The number of anilines is 1. The minimum atomic E-state index is -0.542. The Bertz CT molecular complexity index is 410. The van der Waals surface area contributed by atoms with Gasteiger partial charge in [-0.2, -0.15) is 0 Å². The highest BCUT2D eigenvalue weighted by Gasteiger charge is 2.12. The Balaban J connectivity index is 2.76. The number of carbonyl (C=O) groups excluding carboxylic acids is 1. The Hall–Kier alpha value is -1.69. The lowest BCUT2D eigenvalue weighted by Crippen LogP contribution is -2.23. The standard InChI is InChI=1S/C12H19N3O3/c1-5-18-7-9(3)13-10-6-8(2)14-11(15-10)12(16)17-4/h6,9H,5,7H2,1-4H3,(H,13,14,15). The lowest BCUT2D eigenvalue weighted by atomic mass is 10.3. The lowest BCUT2D eigenvalue weighted by Gasteiger charge is -2.14. The molecule has 0 aromatic carbocycles. The summed E-state index contributed by atoms with van der Waals surface area (Å²) in [6.07, 6.45) is 0. The fourth-order valence-electron chi connectivity index (χ4n) is 1.41. The quantitative estimate of drug-likeness (QED) is 0.773. The van der Waals surface area contributed by atoms with E-state index in [2.05, 4.69) is 20.0 Å². The van der Waals surface area contributed by atoms with Crippen molar-refractivity contribution in [3.8, 4) is 0 Å². The van der Waals surface area contributed by atoms with Crippen molar-refractivity contribution < 1.29 is 14.3 Å². The molecule has 0 spiro atoms. The zero-order valence-electron chi connectivity index (χ0n) is 11.2. The largest absolute Gasteiger partial charge is 0.463 e. The molecule has 1 rings (SSSR count). The van der Waals surface area contributed by atoms with Crippen molar-refractivity contribution in [1.82, 2.24) is 9.97 Å². The Morgan fingerprint density at radius 3 is 2.83 bits per heavy atom. The van der Waals surface area contributed by atoms with Crippen molar-refractivity contribution in [2.45, 2.75) is 26.8 Å². The Morgan fingerprint density at radius 2 is 2.22 bits per heavy atom. The molecule has 1 heterocycles. The van der Waals surface area contributed by atoms with Crippen LogP contribution in [0.3, 0.4) is 0 Å². The van der Waals surface area contributed by atoms with Crippen LogP contribution in [-0.4, -0.2) is 42.3 Å². The minimum Gasteiger partial charge on any atom is -0.463 e. The Morgan fingerprint density at radius 1 is 1.50 bits per heavy atom. The van der Waals surface area contributed by atoms with E-state index in [4.69, 9.17) is 4.74 Å². The van der Waals surface area contributed by atoms with Gasteiger partial charge in [0.25, 0.3) is 0 Å². The van der Waals surface area contributed by atoms with E-state index >= 15 is 0 Å². The Labute approximate surface area is 107 Å². The number of hydrogen-bond acceptors (Lipinski definition) is 6. The zero-order chi connectivity index (χ0) is 13.5. The third-order valence-electron chi connectivity index (χ3n) is 2.19. The van der Waals surface area contributed by atoms with Crippen molar-refractivity contribution in [3.63, 3.8) is 0 Å². The van der Waals surface area contributed by atoms with E-state index in [1.54, 1.807) is 13.0 Å². The second-order valence-electron chi connectivity index (χ2n) is 3.91. The summed E-state index contributed by atoms with van der Waals surface area (Å²) in [7, 11) is 1.30. The molecule has 0 saturated heterocycles.